The molecule has 33 heavy (non-hydrogen) atoms. The third kappa shape index (κ3) is 5.20. The Kier molecular flexibility index (Phi) is 6.99. The molecule has 0 atom stereocenters. The summed E-state index contributed by atoms with van der Waals surface area (Å²) in [5, 5.41) is 7.17. The number of carbonyl (C=O) groups excluding carboxylic acids is 1. The monoisotopic (exact) mass is 494 g/mol. The molecule has 1 heterocycles. The molecule has 0 radical (unpaired) electrons. The summed E-state index contributed by atoms with van der Waals surface area (Å²) in [6, 6.07) is 24.1. The van der Waals surface area contributed by atoms with Gasteiger partial charge in [-0.2, -0.15) is 0 Å². The van der Waals surface area contributed by atoms with E-state index < -0.39 is 0 Å². The number of hydrogen-bond acceptors (Lipinski definition) is 4. The quantitative estimate of drug-likeness (QED) is 0.173. The average Bonchev–Trinajstić information content (AvgIpc) is 3.16. The third-order valence-electron chi connectivity index (χ3n) is 5.02. The lowest BCUT2D eigenvalue weighted by Gasteiger charge is -2.11. The molecule has 0 aliphatic heterocycles. The number of nitrogens with two attached hydrogens (primary N) is 1. The zero-order valence-electron chi connectivity index (χ0n) is 17.4. The standard InChI is InChI=1S/C25H20Cl2N4OS/c26-18-12-11-16(13-19(18)27)23(32)22-21(28)20(25(33)30-17-9-5-2-6-10-17)24(31-22)29-14-15-7-3-1-4-8-15/h1-13,29,31H,14,28H2,(H,30,33). The van der Waals surface area contributed by atoms with Crippen molar-refractivity contribution in [2.75, 3.05) is 16.4 Å². The van der Waals surface area contributed by atoms with Crippen molar-refractivity contribution < 1.29 is 4.79 Å². The number of benzene rings is 3. The van der Waals surface area contributed by atoms with E-state index in [-0.39, 0.29) is 22.2 Å². The Morgan fingerprint density at radius 2 is 1.61 bits per heavy atom. The highest BCUT2D eigenvalue weighted by molar-refractivity contribution is 7.81. The average molecular weight is 495 g/mol. The first-order chi connectivity index (χ1) is 15.9. The van der Waals surface area contributed by atoms with Gasteiger partial charge in [-0.05, 0) is 35.9 Å². The molecular formula is C25H20Cl2N4OS. The molecular weight excluding hydrogens is 475 g/mol. The number of hydrogen-bond donors (Lipinski definition) is 4. The summed E-state index contributed by atoms with van der Waals surface area (Å²) in [6.07, 6.45) is 0. The van der Waals surface area contributed by atoms with E-state index in [1.54, 1.807) is 12.1 Å². The predicted octanol–water partition coefficient (Wildman–Crippen LogP) is 6.53. The van der Waals surface area contributed by atoms with Crippen LogP contribution in [0.4, 0.5) is 17.2 Å². The fraction of sp³-hybridized carbons (Fsp3) is 0.0400. The smallest absolute Gasteiger partial charge is 0.211 e. The van der Waals surface area contributed by atoms with Gasteiger partial charge < -0.3 is 21.4 Å². The zero-order valence-corrected chi connectivity index (χ0v) is 19.7. The van der Waals surface area contributed by atoms with Crippen molar-refractivity contribution in [2.24, 2.45) is 0 Å². The number of aromatic amines is 1. The minimum absolute atomic E-state index is 0.219. The minimum atomic E-state index is -0.317. The number of anilines is 3. The van der Waals surface area contributed by atoms with Crippen molar-refractivity contribution in [3.8, 4) is 0 Å². The van der Waals surface area contributed by atoms with Crippen LogP contribution in [0.25, 0.3) is 0 Å². The van der Waals surface area contributed by atoms with Crippen molar-refractivity contribution in [2.45, 2.75) is 6.54 Å². The number of ketones is 1. The van der Waals surface area contributed by atoms with E-state index >= 15 is 0 Å². The summed E-state index contributed by atoms with van der Waals surface area (Å²) in [5.74, 6) is 0.232. The lowest BCUT2D eigenvalue weighted by Crippen LogP contribution is -2.14. The fourth-order valence-corrected chi connectivity index (χ4v) is 3.97. The molecule has 0 spiro atoms. The van der Waals surface area contributed by atoms with E-state index in [0.717, 1.165) is 11.3 Å². The summed E-state index contributed by atoms with van der Waals surface area (Å²) < 4.78 is 0. The molecule has 0 fully saturated rings. The molecule has 8 heteroatoms. The first-order valence-electron chi connectivity index (χ1n) is 10.1. The summed E-state index contributed by atoms with van der Waals surface area (Å²) in [7, 11) is 0. The van der Waals surface area contributed by atoms with Crippen LogP contribution in [0.3, 0.4) is 0 Å². The van der Waals surface area contributed by atoms with Crippen molar-refractivity contribution in [1.29, 1.82) is 0 Å². The first-order valence-corrected chi connectivity index (χ1v) is 11.3. The van der Waals surface area contributed by atoms with Crippen LogP contribution in [0.2, 0.25) is 10.0 Å². The summed E-state index contributed by atoms with van der Waals surface area (Å²) in [4.78, 5) is 16.8. The van der Waals surface area contributed by atoms with Gasteiger partial charge >= 0.3 is 0 Å². The number of aromatic nitrogens is 1. The predicted molar refractivity (Wildman–Crippen MR) is 141 cm³/mol. The van der Waals surface area contributed by atoms with Crippen LogP contribution in [-0.4, -0.2) is 15.8 Å². The molecule has 5 N–H and O–H groups in total. The molecule has 4 aromatic rings. The van der Waals surface area contributed by atoms with Gasteiger partial charge in [0.05, 0.1) is 21.3 Å². The first kappa shape index (κ1) is 22.9. The molecule has 0 saturated heterocycles. The van der Waals surface area contributed by atoms with E-state index in [0.29, 0.717) is 33.5 Å². The largest absolute Gasteiger partial charge is 0.396 e. The Morgan fingerprint density at radius 1 is 0.939 bits per heavy atom. The highest BCUT2D eigenvalue weighted by atomic mass is 35.5. The van der Waals surface area contributed by atoms with Gasteiger partial charge in [-0.25, -0.2) is 0 Å². The molecule has 0 bridgehead atoms. The highest BCUT2D eigenvalue weighted by Crippen LogP contribution is 2.31. The van der Waals surface area contributed by atoms with Crippen LogP contribution in [0.5, 0.6) is 0 Å². The Labute approximate surface area is 206 Å². The van der Waals surface area contributed by atoms with Crippen LogP contribution in [-0.2, 0) is 6.54 Å². The molecule has 0 aliphatic rings. The highest BCUT2D eigenvalue weighted by Gasteiger charge is 2.24. The van der Waals surface area contributed by atoms with Gasteiger partial charge in [-0.15, -0.1) is 0 Å². The molecule has 0 amide bonds. The van der Waals surface area contributed by atoms with E-state index in [1.165, 1.54) is 6.07 Å². The Balaban J connectivity index is 1.70. The number of H-pyrrole nitrogens is 1. The lowest BCUT2D eigenvalue weighted by atomic mass is 10.1. The SMILES string of the molecule is Nc1c(C(=O)c2ccc(Cl)c(Cl)c2)[nH]c(NCc2ccccc2)c1C(=S)Nc1ccccc1. The molecule has 0 unspecified atom stereocenters. The maximum absolute atomic E-state index is 13.2. The summed E-state index contributed by atoms with van der Waals surface area (Å²) >= 11 is 17.8. The second-order valence-electron chi connectivity index (χ2n) is 7.28. The normalized spacial score (nSPS) is 10.6. The zero-order chi connectivity index (χ0) is 23.4. The molecule has 4 rings (SSSR count). The van der Waals surface area contributed by atoms with Crippen molar-refractivity contribution in [1.82, 2.24) is 4.98 Å². The number of halogens is 2. The Morgan fingerprint density at radius 3 is 2.27 bits per heavy atom. The Bertz CT molecular complexity index is 1310. The second-order valence-corrected chi connectivity index (χ2v) is 8.50. The third-order valence-corrected chi connectivity index (χ3v) is 6.06. The maximum Gasteiger partial charge on any atom is 0.211 e. The van der Waals surface area contributed by atoms with Crippen LogP contribution in [0.1, 0.15) is 27.2 Å². The van der Waals surface area contributed by atoms with Gasteiger partial charge in [0.1, 0.15) is 16.5 Å². The molecule has 1 aromatic heterocycles. The topological polar surface area (TPSA) is 82.9 Å². The lowest BCUT2D eigenvalue weighted by molar-refractivity contribution is 0.103. The molecule has 3 aromatic carbocycles. The van der Waals surface area contributed by atoms with Gasteiger partial charge in [0.15, 0.2) is 0 Å². The Hall–Kier alpha value is -3.32. The van der Waals surface area contributed by atoms with E-state index in [9.17, 15) is 4.79 Å². The van der Waals surface area contributed by atoms with Gasteiger partial charge in [0.2, 0.25) is 5.78 Å². The maximum atomic E-state index is 13.2. The number of carbonyl (C=O) groups is 1. The van der Waals surface area contributed by atoms with Gasteiger partial charge in [0.25, 0.3) is 0 Å². The fourth-order valence-electron chi connectivity index (χ4n) is 3.35. The number of rotatable bonds is 7. The second kappa shape index (κ2) is 10.1. The van der Waals surface area contributed by atoms with Crippen molar-refractivity contribution in [3.05, 3.63) is 111 Å². The summed E-state index contributed by atoms with van der Waals surface area (Å²) in [6.45, 7) is 0.516. The van der Waals surface area contributed by atoms with Crippen LogP contribution < -0.4 is 16.4 Å². The summed E-state index contributed by atoms with van der Waals surface area (Å²) in [5.41, 5.74) is 9.68. The van der Waals surface area contributed by atoms with E-state index in [1.807, 2.05) is 60.7 Å². The number of thiocarbonyl (C=S) groups is 1. The molecule has 0 aliphatic carbocycles. The molecule has 0 saturated carbocycles. The van der Waals surface area contributed by atoms with Gasteiger partial charge in [-0.3, -0.25) is 4.79 Å². The number of para-hydroxylation sites is 1. The number of nitrogen functional groups attached to an aromatic ring is 1. The van der Waals surface area contributed by atoms with Gasteiger partial charge in [0, 0.05) is 17.8 Å². The van der Waals surface area contributed by atoms with Crippen LogP contribution in [0, 0.1) is 0 Å². The van der Waals surface area contributed by atoms with Crippen molar-refractivity contribution >= 4 is 63.4 Å². The number of nitrogens with one attached hydrogen (secondary N) is 3. The minimum Gasteiger partial charge on any atom is -0.396 e. The van der Waals surface area contributed by atoms with E-state index in [2.05, 4.69) is 15.6 Å². The van der Waals surface area contributed by atoms with Crippen LogP contribution in [0.15, 0.2) is 78.9 Å². The van der Waals surface area contributed by atoms with Gasteiger partial charge in [-0.1, -0.05) is 84.0 Å². The van der Waals surface area contributed by atoms with Crippen molar-refractivity contribution in [3.63, 3.8) is 0 Å². The molecule has 166 valence electrons. The molecule has 5 nitrogen and oxygen atoms in total. The van der Waals surface area contributed by atoms with Crippen LogP contribution >= 0.6 is 35.4 Å². The van der Waals surface area contributed by atoms with E-state index in [4.69, 9.17) is 41.2 Å².